The number of aryl methyl sites for hydroxylation is 1. The Labute approximate surface area is 150 Å². The van der Waals surface area contributed by atoms with Gasteiger partial charge in [0.2, 0.25) is 0 Å². The summed E-state index contributed by atoms with van der Waals surface area (Å²) in [5.41, 5.74) is 2.26. The fraction of sp³-hybridized carbons (Fsp3) is 0.400. The molecule has 1 saturated heterocycles. The van der Waals surface area contributed by atoms with Crippen LogP contribution in [0.25, 0.3) is 0 Å². The minimum absolute atomic E-state index is 0.215. The van der Waals surface area contributed by atoms with Crippen molar-refractivity contribution < 1.29 is 12.6 Å². The molecule has 1 fully saturated rings. The Morgan fingerprint density at radius 1 is 1.08 bits per heavy atom. The molecule has 134 valence electrons. The van der Waals surface area contributed by atoms with Gasteiger partial charge >= 0.3 is 0 Å². The molecule has 25 heavy (non-hydrogen) atoms. The minimum Gasteiger partial charge on any atom is -0.296 e. The highest BCUT2D eigenvalue weighted by molar-refractivity contribution is 7.86. The molecule has 0 bridgehead atoms. The fourth-order valence-corrected chi connectivity index (χ4v) is 4.29. The van der Waals surface area contributed by atoms with Crippen LogP contribution in [-0.2, 0) is 20.8 Å². The molecule has 2 aromatic carbocycles. The molecule has 3 rings (SSSR count). The average molecular weight is 359 g/mol. The Hall–Kier alpha value is -1.69. The summed E-state index contributed by atoms with van der Waals surface area (Å²) in [6.07, 6.45) is 0.616. The van der Waals surface area contributed by atoms with Crippen molar-refractivity contribution in [2.24, 2.45) is 5.92 Å². The lowest BCUT2D eigenvalue weighted by Crippen LogP contribution is -2.44. The summed E-state index contributed by atoms with van der Waals surface area (Å²) in [5.74, 6) is 0.215. The topological polar surface area (TPSA) is 46.6 Å². The maximum absolute atomic E-state index is 12.6. The Kier molecular flexibility index (Phi) is 5.57. The van der Waals surface area contributed by atoms with E-state index >= 15 is 0 Å². The smallest absolute Gasteiger partial charge is 0.296 e. The number of benzene rings is 2. The van der Waals surface area contributed by atoms with E-state index in [0.29, 0.717) is 6.54 Å². The van der Waals surface area contributed by atoms with Crippen LogP contribution in [-0.4, -0.2) is 32.5 Å². The third-order valence-electron chi connectivity index (χ3n) is 4.78. The molecule has 0 amide bonds. The number of piperidine rings is 1. The van der Waals surface area contributed by atoms with E-state index in [9.17, 15) is 8.42 Å². The van der Waals surface area contributed by atoms with Crippen LogP contribution >= 0.6 is 0 Å². The summed E-state index contributed by atoms with van der Waals surface area (Å²) < 4.78 is 30.8. The van der Waals surface area contributed by atoms with Crippen LogP contribution in [0.2, 0.25) is 0 Å². The Balaban J connectivity index is 1.68. The van der Waals surface area contributed by atoms with Crippen LogP contribution in [0.15, 0.2) is 59.5 Å². The molecular weight excluding hydrogens is 334 g/mol. The first-order chi connectivity index (χ1) is 11.9. The minimum atomic E-state index is -3.73. The van der Waals surface area contributed by atoms with E-state index in [4.69, 9.17) is 4.18 Å². The Bertz CT molecular complexity index is 787. The van der Waals surface area contributed by atoms with Crippen LogP contribution in [0, 0.1) is 12.8 Å². The van der Waals surface area contributed by atoms with E-state index in [0.717, 1.165) is 25.1 Å². The van der Waals surface area contributed by atoms with Crippen molar-refractivity contribution in [3.63, 3.8) is 0 Å². The van der Waals surface area contributed by atoms with E-state index < -0.39 is 10.1 Å². The molecule has 5 heteroatoms. The van der Waals surface area contributed by atoms with Crippen molar-refractivity contribution in [1.82, 2.24) is 4.90 Å². The second-order valence-electron chi connectivity index (χ2n) is 6.89. The van der Waals surface area contributed by atoms with Crippen molar-refractivity contribution in [3.05, 3.63) is 65.7 Å². The van der Waals surface area contributed by atoms with Gasteiger partial charge in [0.25, 0.3) is 10.1 Å². The van der Waals surface area contributed by atoms with E-state index in [1.165, 1.54) is 5.56 Å². The van der Waals surface area contributed by atoms with Crippen LogP contribution in [0.4, 0.5) is 0 Å². The number of hydrogen-bond acceptors (Lipinski definition) is 4. The quantitative estimate of drug-likeness (QED) is 0.765. The molecule has 2 aromatic rings. The SMILES string of the molecule is Cc1ccc(S(=O)(=O)OC2CN(Cc3ccccc3)CCC2C)cc1. The normalized spacial score (nSPS) is 22.0. The second kappa shape index (κ2) is 7.68. The summed E-state index contributed by atoms with van der Waals surface area (Å²) in [6, 6.07) is 17.1. The second-order valence-corrected chi connectivity index (χ2v) is 8.46. The van der Waals surface area contributed by atoms with Crippen LogP contribution in [0.5, 0.6) is 0 Å². The summed E-state index contributed by atoms with van der Waals surface area (Å²) in [6.45, 7) is 6.40. The first-order valence-electron chi connectivity index (χ1n) is 8.70. The third kappa shape index (κ3) is 4.69. The third-order valence-corrected chi connectivity index (χ3v) is 6.13. The molecule has 1 heterocycles. The molecule has 0 spiro atoms. The molecule has 0 aromatic heterocycles. The van der Waals surface area contributed by atoms with E-state index in [1.54, 1.807) is 24.3 Å². The van der Waals surface area contributed by atoms with E-state index in [2.05, 4.69) is 24.0 Å². The van der Waals surface area contributed by atoms with Gasteiger partial charge in [0.1, 0.15) is 0 Å². The molecular formula is C20H25NO3S. The maximum Gasteiger partial charge on any atom is 0.297 e. The van der Waals surface area contributed by atoms with Crippen LogP contribution < -0.4 is 0 Å². The summed E-state index contributed by atoms with van der Waals surface area (Å²) in [7, 11) is -3.73. The molecule has 1 aliphatic rings. The van der Waals surface area contributed by atoms with Gasteiger partial charge in [-0.25, -0.2) is 0 Å². The molecule has 0 radical (unpaired) electrons. The standard InChI is InChI=1S/C20H25NO3S/c1-16-8-10-19(11-9-16)25(22,23)24-20-15-21(13-12-17(20)2)14-18-6-4-3-5-7-18/h3-11,17,20H,12-15H2,1-2H3. The zero-order chi connectivity index (χ0) is 17.9. The molecule has 0 aliphatic carbocycles. The van der Waals surface area contributed by atoms with Gasteiger partial charge in [-0.3, -0.25) is 9.08 Å². The predicted octanol–water partition coefficient (Wildman–Crippen LogP) is 3.61. The molecule has 2 unspecified atom stereocenters. The van der Waals surface area contributed by atoms with Gasteiger partial charge in [0, 0.05) is 13.1 Å². The number of nitrogens with zero attached hydrogens (tertiary/aromatic N) is 1. The predicted molar refractivity (Wildman–Crippen MR) is 98.7 cm³/mol. The van der Waals surface area contributed by atoms with Crippen LogP contribution in [0.3, 0.4) is 0 Å². The van der Waals surface area contributed by atoms with Gasteiger partial charge in [0.05, 0.1) is 11.0 Å². The van der Waals surface area contributed by atoms with Crippen molar-refractivity contribution in [2.75, 3.05) is 13.1 Å². The maximum atomic E-state index is 12.6. The molecule has 0 saturated carbocycles. The van der Waals surface area contributed by atoms with Crippen molar-refractivity contribution in [2.45, 2.75) is 37.8 Å². The Morgan fingerprint density at radius 3 is 2.44 bits per heavy atom. The van der Waals surface area contributed by atoms with Crippen molar-refractivity contribution in [3.8, 4) is 0 Å². The highest BCUT2D eigenvalue weighted by Gasteiger charge is 2.31. The molecule has 4 nitrogen and oxygen atoms in total. The van der Waals surface area contributed by atoms with Gasteiger partial charge in [0.15, 0.2) is 0 Å². The zero-order valence-electron chi connectivity index (χ0n) is 14.8. The number of rotatable bonds is 5. The lowest BCUT2D eigenvalue weighted by molar-refractivity contribution is 0.0477. The Morgan fingerprint density at radius 2 is 1.76 bits per heavy atom. The highest BCUT2D eigenvalue weighted by Crippen LogP contribution is 2.25. The summed E-state index contributed by atoms with van der Waals surface area (Å²) in [5, 5.41) is 0. The average Bonchev–Trinajstić information content (AvgIpc) is 2.59. The van der Waals surface area contributed by atoms with Crippen molar-refractivity contribution in [1.29, 1.82) is 0 Å². The molecule has 0 N–H and O–H groups in total. The largest absolute Gasteiger partial charge is 0.297 e. The summed E-state index contributed by atoms with van der Waals surface area (Å²) in [4.78, 5) is 2.50. The molecule has 1 aliphatic heterocycles. The van der Waals surface area contributed by atoms with Gasteiger partial charge in [-0.1, -0.05) is 55.0 Å². The number of likely N-dealkylation sites (tertiary alicyclic amines) is 1. The van der Waals surface area contributed by atoms with Crippen molar-refractivity contribution >= 4 is 10.1 Å². The monoisotopic (exact) mass is 359 g/mol. The highest BCUT2D eigenvalue weighted by atomic mass is 32.2. The van der Waals surface area contributed by atoms with Crippen LogP contribution in [0.1, 0.15) is 24.5 Å². The first-order valence-corrected chi connectivity index (χ1v) is 10.1. The van der Waals surface area contributed by atoms with Gasteiger partial charge < -0.3 is 0 Å². The summed E-state index contributed by atoms with van der Waals surface area (Å²) >= 11 is 0. The fourth-order valence-electron chi connectivity index (χ4n) is 3.13. The van der Waals surface area contributed by atoms with Gasteiger partial charge in [-0.2, -0.15) is 8.42 Å². The first kappa shape index (κ1) is 18.1. The lowest BCUT2D eigenvalue weighted by Gasteiger charge is -2.36. The number of hydrogen-bond donors (Lipinski definition) is 0. The molecule has 2 atom stereocenters. The zero-order valence-corrected chi connectivity index (χ0v) is 15.6. The van der Waals surface area contributed by atoms with E-state index in [-0.39, 0.29) is 16.9 Å². The van der Waals surface area contributed by atoms with Gasteiger partial charge in [-0.15, -0.1) is 0 Å². The lowest BCUT2D eigenvalue weighted by atomic mass is 9.96. The van der Waals surface area contributed by atoms with Gasteiger partial charge in [-0.05, 0) is 43.5 Å². The van der Waals surface area contributed by atoms with E-state index in [1.807, 2.05) is 25.1 Å².